The Labute approximate surface area is 163 Å². The molecule has 0 aliphatic carbocycles. The number of carbonyl (C=O) groups excluding carboxylic acids is 1. The van der Waals surface area contributed by atoms with Crippen LogP contribution in [-0.2, 0) is 26.0 Å². The molecule has 0 atom stereocenters. The Morgan fingerprint density at radius 3 is 2.64 bits per heavy atom. The number of benzene rings is 2. The Bertz CT molecular complexity index is 1040. The van der Waals surface area contributed by atoms with Gasteiger partial charge in [-0.3, -0.25) is 4.79 Å². The second kappa shape index (κ2) is 7.27. The van der Waals surface area contributed by atoms with E-state index in [0.717, 1.165) is 18.5 Å². The number of esters is 1. The van der Waals surface area contributed by atoms with Crippen molar-refractivity contribution < 1.29 is 22.7 Å². The molecule has 2 aliphatic heterocycles. The van der Waals surface area contributed by atoms with Crippen molar-refractivity contribution in [3.8, 4) is 11.5 Å². The van der Waals surface area contributed by atoms with Gasteiger partial charge in [-0.15, -0.1) is 4.40 Å². The number of hydrogen-bond donors (Lipinski definition) is 0. The molecule has 2 aromatic rings. The molecule has 2 heterocycles. The van der Waals surface area contributed by atoms with Crippen molar-refractivity contribution in [1.29, 1.82) is 0 Å². The fourth-order valence-corrected chi connectivity index (χ4v) is 4.67. The molecule has 1 fully saturated rings. The number of methoxy groups -OCH3 is 1. The molecule has 1 saturated heterocycles. The van der Waals surface area contributed by atoms with Gasteiger partial charge in [0.15, 0.2) is 0 Å². The van der Waals surface area contributed by atoms with Crippen LogP contribution < -0.4 is 9.64 Å². The highest BCUT2D eigenvalue weighted by molar-refractivity contribution is 7.90. The van der Waals surface area contributed by atoms with Gasteiger partial charge < -0.3 is 14.4 Å². The zero-order valence-electron chi connectivity index (χ0n) is 15.4. The van der Waals surface area contributed by atoms with Crippen molar-refractivity contribution in [3.05, 3.63) is 48.0 Å². The molecule has 0 saturated carbocycles. The maximum atomic E-state index is 12.5. The number of anilines is 1. The van der Waals surface area contributed by atoms with Crippen molar-refractivity contribution in [1.82, 2.24) is 0 Å². The summed E-state index contributed by atoms with van der Waals surface area (Å²) in [4.78, 5) is 13.3. The normalized spacial score (nSPS) is 16.8. The lowest BCUT2D eigenvalue weighted by Gasteiger charge is -2.25. The molecule has 0 spiro atoms. The van der Waals surface area contributed by atoms with Gasteiger partial charge in [0, 0.05) is 25.5 Å². The number of amidine groups is 1. The van der Waals surface area contributed by atoms with Crippen molar-refractivity contribution in [2.24, 2.45) is 4.40 Å². The van der Waals surface area contributed by atoms with Gasteiger partial charge in [-0.05, 0) is 42.7 Å². The van der Waals surface area contributed by atoms with E-state index in [1.165, 1.54) is 13.2 Å². The van der Waals surface area contributed by atoms with E-state index in [1.54, 1.807) is 24.3 Å². The van der Waals surface area contributed by atoms with Gasteiger partial charge in [0.25, 0.3) is 10.0 Å². The highest BCUT2D eigenvalue weighted by Crippen LogP contribution is 2.38. The Morgan fingerprint density at radius 2 is 1.89 bits per heavy atom. The first-order chi connectivity index (χ1) is 13.5. The Balaban J connectivity index is 1.52. The lowest BCUT2D eigenvalue weighted by atomic mass is 10.1. The lowest BCUT2D eigenvalue weighted by Crippen LogP contribution is -2.30. The molecule has 146 valence electrons. The van der Waals surface area contributed by atoms with Gasteiger partial charge in [-0.1, -0.05) is 12.1 Å². The monoisotopic (exact) mass is 400 g/mol. The van der Waals surface area contributed by atoms with Crippen LogP contribution in [0.1, 0.15) is 24.8 Å². The summed E-state index contributed by atoms with van der Waals surface area (Å²) in [6.45, 7) is 0.772. The van der Waals surface area contributed by atoms with E-state index in [4.69, 9.17) is 4.74 Å². The second-order valence-corrected chi connectivity index (χ2v) is 8.26. The fraction of sp³-hybridized carbons (Fsp3) is 0.300. The van der Waals surface area contributed by atoms with E-state index < -0.39 is 10.0 Å². The van der Waals surface area contributed by atoms with Gasteiger partial charge >= 0.3 is 5.97 Å². The first-order valence-corrected chi connectivity index (χ1v) is 10.5. The van der Waals surface area contributed by atoms with Gasteiger partial charge in [-0.2, -0.15) is 8.42 Å². The quantitative estimate of drug-likeness (QED) is 0.716. The fourth-order valence-electron chi connectivity index (χ4n) is 3.40. The summed E-state index contributed by atoms with van der Waals surface area (Å²) in [6, 6.07) is 12.4. The van der Waals surface area contributed by atoms with E-state index in [1.807, 2.05) is 17.0 Å². The third kappa shape index (κ3) is 3.60. The SMILES string of the molecule is COC(=O)CCc1ccc(Oc2ccc3c(c2)S(=O)(=O)N=C2CCCN23)cc1. The molecule has 0 unspecified atom stereocenters. The maximum Gasteiger partial charge on any atom is 0.305 e. The molecular formula is C20H20N2O5S. The number of rotatable bonds is 5. The van der Waals surface area contributed by atoms with E-state index in [9.17, 15) is 13.2 Å². The van der Waals surface area contributed by atoms with Crippen LogP contribution in [0.15, 0.2) is 51.8 Å². The van der Waals surface area contributed by atoms with Crippen LogP contribution in [0.3, 0.4) is 0 Å². The summed E-state index contributed by atoms with van der Waals surface area (Å²) in [6.07, 6.45) is 2.48. The molecule has 0 aromatic heterocycles. The molecule has 8 heteroatoms. The van der Waals surface area contributed by atoms with Crippen molar-refractivity contribution in [3.63, 3.8) is 0 Å². The van der Waals surface area contributed by atoms with Gasteiger partial charge in [0.1, 0.15) is 22.2 Å². The van der Waals surface area contributed by atoms with Crippen LogP contribution in [0.2, 0.25) is 0 Å². The highest BCUT2D eigenvalue weighted by Gasteiger charge is 2.33. The first kappa shape index (κ1) is 18.5. The zero-order valence-corrected chi connectivity index (χ0v) is 16.2. The summed E-state index contributed by atoms with van der Waals surface area (Å²) in [5, 5.41) is 0. The summed E-state index contributed by atoms with van der Waals surface area (Å²) in [5.41, 5.74) is 1.65. The standard InChI is InChI=1S/C20H20N2O5S/c1-26-20(23)11-6-14-4-7-15(8-5-14)27-16-9-10-17-18(13-16)28(24,25)21-19-3-2-12-22(17)19/h4-5,7-10,13H,2-3,6,11-12H2,1H3. The number of nitrogens with zero attached hydrogens (tertiary/aromatic N) is 2. The van der Waals surface area contributed by atoms with Gasteiger partial charge in [0.05, 0.1) is 12.8 Å². The van der Waals surface area contributed by atoms with E-state index in [2.05, 4.69) is 9.13 Å². The van der Waals surface area contributed by atoms with Crippen molar-refractivity contribution in [2.75, 3.05) is 18.6 Å². The largest absolute Gasteiger partial charge is 0.469 e. The number of aryl methyl sites for hydroxylation is 1. The lowest BCUT2D eigenvalue weighted by molar-refractivity contribution is -0.140. The average Bonchev–Trinajstić information content (AvgIpc) is 3.15. The Hall–Kier alpha value is -2.87. The molecule has 7 nitrogen and oxygen atoms in total. The molecule has 0 bridgehead atoms. The van der Waals surface area contributed by atoms with Crippen LogP contribution in [0, 0.1) is 0 Å². The van der Waals surface area contributed by atoms with Gasteiger partial charge in [0.2, 0.25) is 0 Å². The second-order valence-electron chi connectivity index (χ2n) is 6.69. The van der Waals surface area contributed by atoms with E-state index >= 15 is 0 Å². The molecular weight excluding hydrogens is 380 g/mol. The minimum absolute atomic E-state index is 0.172. The zero-order chi connectivity index (χ0) is 19.7. The molecule has 2 aromatic carbocycles. The number of carbonyl (C=O) groups is 1. The van der Waals surface area contributed by atoms with E-state index in [0.29, 0.717) is 42.3 Å². The number of sulfonamides is 1. The molecule has 2 aliphatic rings. The summed E-state index contributed by atoms with van der Waals surface area (Å²) in [7, 11) is -2.34. The smallest absolute Gasteiger partial charge is 0.305 e. The third-order valence-corrected chi connectivity index (χ3v) is 6.16. The van der Waals surface area contributed by atoms with Crippen molar-refractivity contribution >= 4 is 27.5 Å². The number of fused-ring (bicyclic) bond motifs is 3. The van der Waals surface area contributed by atoms with Crippen LogP contribution >= 0.6 is 0 Å². The molecule has 28 heavy (non-hydrogen) atoms. The van der Waals surface area contributed by atoms with E-state index in [-0.39, 0.29) is 10.9 Å². The molecule has 0 N–H and O–H groups in total. The topological polar surface area (TPSA) is 85.3 Å². The van der Waals surface area contributed by atoms with Crippen LogP contribution in [0.5, 0.6) is 11.5 Å². The summed E-state index contributed by atoms with van der Waals surface area (Å²) >= 11 is 0. The van der Waals surface area contributed by atoms with Crippen LogP contribution in [0.25, 0.3) is 0 Å². The molecule has 0 radical (unpaired) electrons. The Kier molecular flexibility index (Phi) is 4.80. The predicted octanol–water partition coefficient (Wildman–Crippen LogP) is 3.29. The predicted molar refractivity (Wildman–Crippen MR) is 104 cm³/mol. The Morgan fingerprint density at radius 1 is 1.14 bits per heavy atom. The summed E-state index contributed by atoms with van der Waals surface area (Å²) < 4.78 is 39.4. The van der Waals surface area contributed by atoms with Crippen LogP contribution in [-0.4, -0.2) is 33.9 Å². The number of ether oxygens (including phenoxy) is 2. The first-order valence-electron chi connectivity index (χ1n) is 9.05. The minimum atomic E-state index is -3.71. The highest BCUT2D eigenvalue weighted by atomic mass is 32.2. The third-order valence-electron chi connectivity index (χ3n) is 4.82. The maximum absolute atomic E-state index is 12.5. The molecule has 4 rings (SSSR count). The summed E-state index contributed by atoms with van der Waals surface area (Å²) in [5.74, 6) is 1.38. The van der Waals surface area contributed by atoms with Crippen LogP contribution in [0.4, 0.5) is 5.69 Å². The molecule has 0 amide bonds. The number of hydrogen-bond acceptors (Lipinski definition) is 6. The van der Waals surface area contributed by atoms with Gasteiger partial charge in [-0.25, -0.2) is 0 Å². The van der Waals surface area contributed by atoms with Crippen molar-refractivity contribution in [2.45, 2.75) is 30.6 Å². The minimum Gasteiger partial charge on any atom is -0.469 e. The average molecular weight is 400 g/mol.